The summed E-state index contributed by atoms with van der Waals surface area (Å²) < 4.78 is 6.75. The van der Waals surface area contributed by atoms with Crippen molar-refractivity contribution in [2.45, 2.75) is 18.9 Å². The zero-order chi connectivity index (χ0) is 18.1. The molecular formula is C19H16Cl2N2O2S. The molecule has 1 aliphatic rings. The molecule has 0 bridgehead atoms. The van der Waals surface area contributed by atoms with Crippen molar-refractivity contribution in [2.24, 2.45) is 0 Å². The van der Waals surface area contributed by atoms with E-state index in [4.69, 9.17) is 32.9 Å². The van der Waals surface area contributed by atoms with Gasteiger partial charge >= 0.3 is 0 Å². The van der Waals surface area contributed by atoms with E-state index in [1.807, 2.05) is 23.1 Å². The van der Waals surface area contributed by atoms with Crippen molar-refractivity contribution >= 4 is 50.7 Å². The van der Waals surface area contributed by atoms with Gasteiger partial charge in [0.05, 0.1) is 21.3 Å². The molecule has 0 radical (unpaired) electrons. The summed E-state index contributed by atoms with van der Waals surface area (Å²) in [6, 6.07) is 13.0. The normalized spacial score (nSPS) is 17.0. The molecule has 0 saturated carbocycles. The Morgan fingerprint density at radius 3 is 2.92 bits per heavy atom. The number of ether oxygens (including phenoxy) is 1. The lowest BCUT2D eigenvalue weighted by Gasteiger charge is -2.23. The van der Waals surface area contributed by atoms with Gasteiger partial charge in [0.2, 0.25) is 0 Å². The number of likely N-dealkylation sites (tertiary alicyclic amines) is 1. The zero-order valence-corrected chi connectivity index (χ0v) is 16.2. The molecule has 1 saturated heterocycles. The summed E-state index contributed by atoms with van der Waals surface area (Å²) >= 11 is 13.6. The molecule has 1 fully saturated rings. The van der Waals surface area contributed by atoms with Crippen LogP contribution >= 0.6 is 34.5 Å². The highest BCUT2D eigenvalue weighted by Crippen LogP contribution is 2.36. The molecule has 2 heterocycles. The first kappa shape index (κ1) is 17.6. The van der Waals surface area contributed by atoms with Gasteiger partial charge in [-0.1, -0.05) is 35.3 Å². The number of halogens is 2. The summed E-state index contributed by atoms with van der Waals surface area (Å²) in [5.74, 6) is 0.401. The molecule has 0 unspecified atom stereocenters. The molecule has 3 aromatic rings. The lowest BCUT2D eigenvalue weighted by Crippen LogP contribution is -2.34. The number of nitrogens with zero attached hydrogens (tertiary/aromatic N) is 2. The van der Waals surface area contributed by atoms with Crippen molar-refractivity contribution in [3.63, 3.8) is 0 Å². The monoisotopic (exact) mass is 406 g/mol. The Hall–Kier alpha value is -1.82. The number of rotatable bonds is 4. The highest BCUT2D eigenvalue weighted by Gasteiger charge is 2.32. The second-order valence-electron chi connectivity index (χ2n) is 6.13. The van der Waals surface area contributed by atoms with Crippen molar-refractivity contribution in [1.82, 2.24) is 9.88 Å². The Kier molecular flexibility index (Phi) is 5.02. The predicted octanol–water partition coefficient (Wildman–Crippen LogP) is 5.35. The van der Waals surface area contributed by atoms with E-state index in [2.05, 4.69) is 6.07 Å². The van der Waals surface area contributed by atoms with Gasteiger partial charge in [0.15, 0.2) is 6.61 Å². The predicted molar refractivity (Wildman–Crippen MR) is 105 cm³/mol. The first-order valence-corrected chi connectivity index (χ1v) is 9.92. The smallest absolute Gasteiger partial charge is 0.261 e. The Morgan fingerprint density at radius 1 is 1.27 bits per heavy atom. The van der Waals surface area contributed by atoms with Crippen LogP contribution in [0.5, 0.6) is 5.75 Å². The fourth-order valence-corrected chi connectivity index (χ4v) is 4.75. The Morgan fingerprint density at radius 2 is 2.12 bits per heavy atom. The Bertz CT molecular complexity index is 927. The number of hydrogen-bond acceptors (Lipinski definition) is 4. The molecule has 7 heteroatoms. The fourth-order valence-electron chi connectivity index (χ4n) is 3.17. The molecule has 26 heavy (non-hydrogen) atoms. The maximum atomic E-state index is 12.7. The van der Waals surface area contributed by atoms with E-state index >= 15 is 0 Å². The van der Waals surface area contributed by atoms with Crippen LogP contribution in [0.1, 0.15) is 23.9 Å². The van der Waals surface area contributed by atoms with Crippen LogP contribution in [0.2, 0.25) is 10.0 Å². The topological polar surface area (TPSA) is 42.4 Å². The number of aromatic nitrogens is 1. The molecule has 0 aliphatic carbocycles. The number of carbonyl (C=O) groups excluding carboxylic acids is 1. The highest BCUT2D eigenvalue weighted by atomic mass is 35.5. The molecule has 1 aromatic heterocycles. The Balaban J connectivity index is 1.48. The maximum absolute atomic E-state index is 12.7. The minimum absolute atomic E-state index is 0.0178. The van der Waals surface area contributed by atoms with Crippen LogP contribution in [0, 0.1) is 0 Å². The van der Waals surface area contributed by atoms with Crippen LogP contribution in [0.4, 0.5) is 0 Å². The standard InChI is InChI=1S/C19H16Cl2N2O2S/c20-12-7-8-16(13(21)10-12)25-11-18(24)23-9-3-5-15(23)19-22-14-4-1-2-6-17(14)26-19/h1-2,4,6-8,10,15H,3,5,9,11H2/t15-/m0/s1. The number of carbonyl (C=O) groups is 1. The van der Waals surface area contributed by atoms with Gasteiger partial charge in [0.25, 0.3) is 5.91 Å². The number of hydrogen-bond donors (Lipinski definition) is 0. The molecule has 1 atom stereocenters. The number of benzene rings is 2. The van der Waals surface area contributed by atoms with Gasteiger partial charge in [-0.05, 0) is 43.2 Å². The summed E-state index contributed by atoms with van der Waals surface area (Å²) in [5, 5.41) is 1.92. The SMILES string of the molecule is O=C(COc1ccc(Cl)cc1Cl)N1CCC[C@H]1c1nc2ccccc2s1. The Labute approximate surface area is 165 Å². The lowest BCUT2D eigenvalue weighted by atomic mass is 10.2. The van der Waals surface area contributed by atoms with Crippen molar-refractivity contribution in [3.05, 3.63) is 57.5 Å². The molecule has 4 nitrogen and oxygen atoms in total. The largest absolute Gasteiger partial charge is 0.482 e. The molecule has 1 aliphatic heterocycles. The van der Waals surface area contributed by atoms with Crippen LogP contribution in [-0.2, 0) is 4.79 Å². The van der Waals surface area contributed by atoms with Gasteiger partial charge in [-0.3, -0.25) is 4.79 Å². The van der Waals surface area contributed by atoms with Crippen molar-refractivity contribution < 1.29 is 9.53 Å². The quantitative estimate of drug-likeness (QED) is 0.586. The number of thiazole rings is 1. The third-order valence-corrected chi connectivity index (χ3v) is 6.08. The third kappa shape index (κ3) is 3.52. The van der Waals surface area contributed by atoms with Crippen LogP contribution in [0.25, 0.3) is 10.2 Å². The van der Waals surface area contributed by atoms with E-state index in [-0.39, 0.29) is 18.6 Å². The minimum atomic E-state index is -0.0576. The van der Waals surface area contributed by atoms with E-state index in [0.717, 1.165) is 34.6 Å². The molecule has 2 aromatic carbocycles. The zero-order valence-electron chi connectivity index (χ0n) is 13.8. The van der Waals surface area contributed by atoms with E-state index in [1.165, 1.54) is 0 Å². The fraction of sp³-hybridized carbons (Fsp3) is 0.263. The lowest BCUT2D eigenvalue weighted by molar-refractivity contribution is -0.134. The van der Waals surface area contributed by atoms with Crippen molar-refractivity contribution in [3.8, 4) is 5.75 Å². The third-order valence-electron chi connectivity index (χ3n) is 4.41. The summed E-state index contributed by atoms with van der Waals surface area (Å²) in [4.78, 5) is 19.3. The van der Waals surface area contributed by atoms with Crippen molar-refractivity contribution in [1.29, 1.82) is 0 Å². The second kappa shape index (κ2) is 7.43. The van der Waals surface area contributed by atoms with Crippen LogP contribution in [-0.4, -0.2) is 28.9 Å². The van der Waals surface area contributed by atoms with E-state index in [9.17, 15) is 4.79 Å². The van der Waals surface area contributed by atoms with Gasteiger partial charge < -0.3 is 9.64 Å². The van der Waals surface area contributed by atoms with Gasteiger partial charge in [0, 0.05) is 11.6 Å². The van der Waals surface area contributed by atoms with E-state index in [0.29, 0.717) is 15.8 Å². The summed E-state index contributed by atoms with van der Waals surface area (Å²) in [7, 11) is 0. The van der Waals surface area contributed by atoms with Crippen LogP contribution in [0.3, 0.4) is 0 Å². The van der Waals surface area contributed by atoms with Crippen molar-refractivity contribution in [2.75, 3.05) is 13.2 Å². The molecule has 0 N–H and O–H groups in total. The van der Waals surface area contributed by atoms with Crippen LogP contribution < -0.4 is 4.74 Å². The first-order chi connectivity index (χ1) is 12.6. The minimum Gasteiger partial charge on any atom is -0.482 e. The number of para-hydroxylation sites is 1. The average molecular weight is 407 g/mol. The summed E-state index contributed by atoms with van der Waals surface area (Å²) in [6.45, 7) is 0.667. The molecule has 0 spiro atoms. The van der Waals surface area contributed by atoms with E-state index < -0.39 is 0 Å². The van der Waals surface area contributed by atoms with Gasteiger partial charge in [-0.25, -0.2) is 4.98 Å². The first-order valence-electron chi connectivity index (χ1n) is 8.34. The number of amides is 1. The maximum Gasteiger partial charge on any atom is 0.261 e. The second-order valence-corrected chi connectivity index (χ2v) is 8.03. The molecule has 1 amide bonds. The van der Waals surface area contributed by atoms with Gasteiger partial charge in [0.1, 0.15) is 10.8 Å². The highest BCUT2D eigenvalue weighted by molar-refractivity contribution is 7.18. The van der Waals surface area contributed by atoms with E-state index in [1.54, 1.807) is 29.5 Å². The molecule has 4 rings (SSSR count). The summed E-state index contributed by atoms with van der Waals surface area (Å²) in [5.41, 5.74) is 0.982. The summed E-state index contributed by atoms with van der Waals surface area (Å²) in [6.07, 6.45) is 1.89. The van der Waals surface area contributed by atoms with Crippen LogP contribution in [0.15, 0.2) is 42.5 Å². The molecule has 134 valence electrons. The van der Waals surface area contributed by atoms with Gasteiger partial charge in [-0.2, -0.15) is 0 Å². The number of fused-ring (bicyclic) bond motifs is 1. The van der Waals surface area contributed by atoms with Gasteiger partial charge in [-0.15, -0.1) is 11.3 Å². The average Bonchev–Trinajstić information content (AvgIpc) is 3.27. The molecular weight excluding hydrogens is 391 g/mol.